The second-order valence-corrected chi connectivity index (χ2v) is 3.61. The van der Waals surface area contributed by atoms with Crippen LogP contribution in [-0.2, 0) is 4.74 Å². The standard InChI is InChI=1S/C9H9BrO2/c10-7-2-1-6-3-4-12-8(5-11)9(6)7/h1-3,8,11H,4-5H2. The van der Waals surface area contributed by atoms with Crippen LogP contribution in [0.4, 0.5) is 0 Å². The van der Waals surface area contributed by atoms with Gasteiger partial charge >= 0.3 is 0 Å². The molecule has 0 aromatic rings. The van der Waals surface area contributed by atoms with Crippen LogP contribution in [0, 0.1) is 0 Å². The van der Waals surface area contributed by atoms with Gasteiger partial charge in [0.15, 0.2) is 0 Å². The van der Waals surface area contributed by atoms with Crippen molar-refractivity contribution in [1.82, 2.24) is 0 Å². The van der Waals surface area contributed by atoms with Crippen LogP contribution >= 0.6 is 15.9 Å². The highest BCUT2D eigenvalue weighted by molar-refractivity contribution is 9.11. The van der Waals surface area contributed by atoms with E-state index in [1.807, 2.05) is 18.2 Å². The highest BCUT2D eigenvalue weighted by atomic mass is 79.9. The maximum Gasteiger partial charge on any atom is 0.108 e. The SMILES string of the molecule is OCC1OCC=C2C=CC(Br)=C21. The van der Waals surface area contributed by atoms with E-state index in [0.29, 0.717) is 6.61 Å². The van der Waals surface area contributed by atoms with Crippen LogP contribution in [0.15, 0.2) is 33.9 Å². The monoisotopic (exact) mass is 228 g/mol. The zero-order valence-electron chi connectivity index (χ0n) is 6.46. The molecular weight excluding hydrogens is 220 g/mol. The molecule has 1 N–H and O–H groups in total. The lowest BCUT2D eigenvalue weighted by Crippen LogP contribution is -2.24. The molecule has 64 valence electrons. The Morgan fingerprint density at radius 1 is 1.58 bits per heavy atom. The smallest absolute Gasteiger partial charge is 0.108 e. The number of hydrogen-bond donors (Lipinski definition) is 1. The van der Waals surface area contributed by atoms with E-state index in [1.165, 1.54) is 5.57 Å². The first-order valence-electron chi connectivity index (χ1n) is 3.83. The van der Waals surface area contributed by atoms with Crippen LogP contribution in [0.25, 0.3) is 0 Å². The van der Waals surface area contributed by atoms with Gasteiger partial charge in [0.1, 0.15) is 6.10 Å². The lowest BCUT2D eigenvalue weighted by Gasteiger charge is -2.22. The first-order chi connectivity index (χ1) is 5.83. The van der Waals surface area contributed by atoms with Crippen LogP contribution in [-0.4, -0.2) is 24.4 Å². The van der Waals surface area contributed by atoms with E-state index in [0.717, 1.165) is 10.1 Å². The average molecular weight is 229 g/mol. The largest absolute Gasteiger partial charge is 0.393 e. The summed E-state index contributed by atoms with van der Waals surface area (Å²) in [5.74, 6) is 0. The van der Waals surface area contributed by atoms with Crippen LogP contribution in [0.2, 0.25) is 0 Å². The fourth-order valence-electron chi connectivity index (χ4n) is 1.48. The van der Waals surface area contributed by atoms with Crippen molar-refractivity contribution in [3.05, 3.63) is 33.9 Å². The van der Waals surface area contributed by atoms with Crippen molar-refractivity contribution < 1.29 is 9.84 Å². The van der Waals surface area contributed by atoms with E-state index in [2.05, 4.69) is 15.9 Å². The topological polar surface area (TPSA) is 29.5 Å². The predicted molar refractivity (Wildman–Crippen MR) is 50.0 cm³/mol. The number of ether oxygens (including phenoxy) is 1. The molecule has 1 atom stereocenters. The maximum absolute atomic E-state index is 9.02. The molecule has 0 aromatic carbocycles. The number of halogens is 1. The number of aliphatic hydroxyl groups is 1. The molecule has 3 heteroatoms. The zero-order valence-corrected chi connectivity index (χ0v) is 8.04. The predicted octanol–water partition coefficient (Wildman–Crippen LogP) is 1.52. The number of fused-ring (bicyclic) bond motifs is 1. The average Bonchev–Trinajstić information content (AvgIpc) is 2.48. The Morgan fingerprint density at radius 2 is 2.42 bits per heavy atom. The van der Waals surface area contributed by atoms with Crippen molar-refractivity contribution in [3.63, 3.8) is 0 Å². The van der Waals surface area contributed by atoms with Crippen LogP contribution in [0.1, 0.15) is 0 Å². The summed E-state index contributed by atoms with van der Waals surface area (Å²) in [6.45, 7) is 0.637. The van der Waals surface area contributed by atoms with Gasteiger partial charge in [0.2, 0.25) is 0 Å². The first kappa shape index (κ1) is 8.23. The minimum absolute atomic E-state index is 0.0451. The summed E-state index contributed by atoms with van der Waals surface area (Å²) in [6.07, 6.45) is 5.88. The van der Waals surface area contributed by atoms with Gasteiger partial charge in [-0.1, -0.05) is 28.1 Å². The molecule has 1 aliphatic heterocycles. The highest BCUT2D eigenvalue weighted by Gasteiger charge is 2.25. The molecule has 1 heterocycles. The van der Waals surface area contributed by atoms with Gasteiger partial charge in [-0.2, -0.15) is 0 Å². The first-order valence-corrected chi connectivity index (χ1v) is 4.63. The van der Waals surface area contributed by atoms with Crippen LogP contribution in [0.5, 0.6) is 0 Å². The molecule has 12 heavy (non-hydrogen) atoms. The minimum Gasteiger partial charge on any atom is -0.393 e. The molecule has 1 aliphatic carbocycles. The van der Waals surface area contributed by atoms with Gasteiger partial charge in [-0.25, -0.2) is 0 Å². The lowest BCUT2D eigenvalue weighted by molar-refractivity contribution is 0.0485. The van der Waals surface area contributed by atoms with E-state index >= 15 is 0 Å². The van der Waals surface area contributed by atoms with Gasteiger partial charge in [0, 0.05) is 10.1 Å². The molecule has 0 radical (unpaired) electrons. The molecule has 0 saturated carbocycles. The molecule has 2 nitrogen and oxygen atoms in total. The molecule has 0 spiro atoms. The Hall–Kier alpha value is -0.380. The molecule has 0 bridgehead atoms. The summed E-state index contributed by atoms with van der Waals surface area (Å²) in [5, 5.41) is 9.02. The third-order valence-electron chi connectivity index (χ3n) is 2.07. The lowest BCUT2D eigenvalue weighted by atomic mass is 10.0. The summed E-state index contributed by atoms with van der Waals surface area (Å²) >= 11 is 3.42. The van der Waals surface area contributed by atoms with E-state index in [1.54, 1.807) is 0 Å². The summed E-state index contributed by atoms with van der Waals surface area (Å²) in [4.78, 5) is 0. The number of aliphatic hydroxyl groups excluding tert-OH is 1. The fourth-order valence-corrected chi connectivity index (χ4v) is 2.10. The zero-order chi connectivity index (χ0) is 8.55. The summed E-state index contributed by atoms with van der Waals surface area (Å²) in [7, 11) is 0. The van der Waals surface area contributed by atoms with Crippen molar-refractivity contribution in [1.29, 1.82) is 0 Å². The number of rotatable bonds is 1. The molecule has 1 unspecified atom stereocenters. The maximum atomic E-state index is 9.02. The van der Waals surface area contributed by atoms with Crippen molar-refractivity contribution in [2.24, 2.45) is 0 Å². The molecule has 0 aromatic heterocycles. The van der Waals surface area contributed by atoms with Gasteiger partial charge in [-0.3, -0.25) is 0 Å². The Morgan fingerprint density at radius 3 is 3.17 bits per heavy atom. The molecule has 2 rings (SSSR count). The van der Waals surface area contributed by atoms with Gasteiger partial charge in [0.25, 0.3) is 0 Å². The van der Waals surface area contributed by atoms with Crippen molar-refractivity contribution >= 4 is 15.9 Å². The Kier molecular flexibility index (Phi) is 2.17. The minimum atomic E-state index is -0.158. The third kappa shape index (κ3) is 1.18. The van der Waals surface area contributed by atoms with Gasteiger partial charge in [0.05, 0.1) is 13.2 Å². The molecule has 0 amide bonds. The second-order valence-electron chi connectivity index (χ2n) is 2.76. The van der Waals surface area contributed by atoms with E-state index < -0.39 is 0 Å². The van der Waals surface area contributed by atoms with Crippen molar-refractivity contribution in [2.45, 2.75) is 6.10 Å². The third-order valence-corrected chi connectivity index (χ3v) is 2.76. The molecule has 0 fully saturated rings. The quantitative estimate of drug-likeness (QED) is 0.738. The van der Waals surface area contributed by atoms with Crippen LogP contribution < -0.4 is 0 Å². The van der Waals surface area contributed by atoms with Crippen molar-refractivity contribution in [2.75, 3.05) is 13.2 Å². The summed E-state index contributed by atoms with van der Waals surface area (Å²) in [5.41, 5.74) is 2.25. The number of allylic oxidation sites excluding steroid dienone is 3. The van der Waals surface area contributed by atoms with Gasteiger partial charge in [-0.05, 0) is 11.6 Å². The fraction of sp³-hybridized carbons (Fsp3) is 0.333. The normalized spacial score (nSPS) is 27.5. The molecule has 0 saturated heterocycles. The molecule has 2 aliphatic rings. The summed E-state index contributed by atoms with van der Waals surface area (Å²) < 4.78 is 6.38. The summed E-state index contributed by atoms with van der Waals surface area (Å²) in [6, 6.07) is 0. The highest BCUT2D eigenvalue weighted by Crippen LogP contribution is 2.34. The van der Waals surface area contributed by atoms with Gasteiger partial charge < -0.3 is 9.84 Å². The van der Waals surface area contributed by atoms with E-state index in [-0.39, 0.29) is 12.7 Å². The van der Waals surface area contributed by atoms with E-state index in [4.69, 9.17) is 9.84 Å². The van der Waals surface area contributed by atoms with Gasteiger partial charge in [-0.15, -0.1) is 0 Å². The van der Waals surface area contributed by atoms with E-state index in [9.17, 15) is 0 Å². The Balaban J connectivity index is 2.38. The number of hydrogen-bond acceptors (Lipinski definition) is 2. The second kappa shape index (κ2) is 3.17. The van der Waals surface area contributed by atoms with Crippen molar-refractivity contribution in [3.8, 4) is 0 Å². The molecular formula is C9H9BrO2. The Bertz CT molecular complexity index is 289. The Labute approximate surface area is 79.4 Å². The van der Waals surface area contributed by atoms with Crippen LogP contribution in [0.3, 0.4) is 0 Å².